The van der Waals surface area contributed by atoms with Gasteiger partial charge in [0.1, 0.15) is 5.82 Å². The van der Waals surface area contributed by atoms with Crippen molar-refractivity contribution >= 4 is 26.7 Å². The molecule has 3 aromatic heterocycles. The normalized spacial score (nSPS) is 12.3. The lowest BCUT2D eigenvalue weighted by atomic mass is 10.3. The Labute approximate surface area is 133 Å². The zero-order valence-electron chi connectivity index (χ0n) is 12.6. The molecular formula is C16H14N4O2S. The van der Waals surface area contributed by atoms with Gasteiger partial charge in [0.05, 0.1) is 15.9 Å². The highest BCUT2D eigenvalue weighted by Crippen LogP contribution is 2.26. The van der Waals surface area contributed by atoms with Crippen LogP contribution in [0.5, 0.6) is 0 Å². The summed E-state index contributed by atoms with van der Waals surface area (Å²) in [6, 6.07) is 13.8. The summed E-state index contributed by atoms with van der Waals surface area (Å²) >= 11 is 0. The van der Waals surface area contributed by atoms with Crippen molar-refractivity contribution in [2.24, 2.45) is 0 Å². The number of nitrogens with zero attached hydrogens (tertiary/aromatic N) is 4. The van der Waals surface area contributed by atoms with E-state index >= 15 is 0 Å². The maximum atomic E-state index is 13.0. The molecule has 0 saturated heterocycles. The van der Waals surface area contributed by atoms with Crippen molar-refractivity contribution in [1.29, 1.82) is 0 Å². The Morgan fingerprint density at radius 3 is 2.39 bits per heavy atom. The first-order valence-corrected chi connectivity index (χ1v) is 8.57. The second-order valence-electron chi connectivity index (χ2n) is 5.41. The van der Waals surface area contributed by atoms with Crippen LogP contribution in [0.15, 0.2) is 53.4 Å². The summed E-state index contributed by atoms with van der Waals surface area (Å²) in [6.07, 6.45) is 0. The van der Waals surface area contributed by atoms with Crippen LogP contribution < -0.4 is 0 Å². The van der Waals surface area contributed by atoms with Crippen LogP contribution in [0.3, 0.4) is 0 Å². The Balaban J connectivity index is 2.11. The summed E-state index contributed by atoms with van der Waals surface area (Å²) in [5.41, 5.74) is 2.73. The van der Waals surface area contributed by atoms with E-state index in [1.54, 1.807) is 49.4 Å². The lowest BCUT2D eigenvalue weighted by molar-refractivity contribution is 0.588. The molecule has 0 amide bonds. The molecule has 6 nitrogen and oxygen atoms in total. The fourth-order valence-electron chi connectivity index (χ4n) is 2.91. The van der Waals surface area contributed by atoms with Gasteiger partial charge in [-0.3, -0.25) is 4.40 Å². The minimum Gasteiger partial charge on any atom is -0.278 e. The molecule has 4 rings (SSSR count). The molecule has 0 aliphatic carbocycles. The number of fused-ring (bicyclic) bond motifs is 3. The van der Waals surface area contributed by atoms with Crippen LogP contribution in [0, 0.1) is 13.8 Å². The van der Waals surface area contributed by atoms with E-state index in [0.717, 1.165) is 11.3 Å². The molecule has 0 fully saturated rings. The van der Waals surface area contributed by atoms with Gasteiger partial charge in [-0.1, -0.05) is 18.2 Å². The van der Waals surface area contributed by atoms with Gasteiger partial charge in [-0.2, -0.15) is 0 Å². The molecule has 23 heavy (non-hydrogen) atoms. The molecule has 0 aliphatic heterocycles. The third-order valence-corrected chi connectivity index (χ3v) is 5.74. The molecule has 0 unspecified atom stereocenters. The smallest absolute Gasteiger partial charge is 0.268 e. The van der Waals surface area contributed by atoms with Crippen molar-refractivity contribution in [3.8, 4) is 0 Å². The Morgan fingerprint density at radius 2 is 1.65 bits per heavy atom. The molecule has 0 saturated carbocycles. The fourth-order valence-corrected chi connectivity index (χ4v) is 4.47. The van der Waals surface area contributed by atoms with Crippen molar-refractivity contribution in [2.75, 3.05) is 0 Å². The maximum Gasteiger partial charge on any atom is 0.268 e. The molecule has 3 heterocycles. The molecular weight excluding hydrogens is 312 g/mol. The van der Waals surface area contributed by atoms with Crippen molar-refractivity contribution in [2.45, 2.75) is 18.7 Å². The van der Waals surface area contributed by atoms with E-state index in [1.165, 1.54) is 3.97 Å². The van der Waals surface area contributed by atoms with Crippen LogP contribution in [-0.4, -0.2) is 27.0 Å². The minimum atomic E-state index is -3.65. The summed E-state index contributed by atoms with van der Waals surface area (Å²) in [5.74, 6) is 0.722. The Hall–Kier alpha value is -2.67. The van der Waals surface area contributed by atoms with Gasteiger partial charge in [-0.15, -0.1) is 10.2 Å². The Kier molecular flexibility index (Phi) is 2.83. The van der Waals surface area contributed by atoms with Crippen LogP contribution in [-0.2, 0) is 10.0 Å². The number of aromatic nitrogens is 4. The zero-order chi connectivity index (χ0) is 16.2. The monoisotopic (exact) mass is 326 g/mol. The van der Waals surface area contributed by atoms with E-state index in [2.05, 4.69) is 10.2 Å². The third-order valence-electron chi connectivity index (χ3n) is 3.91. The molecule has 7 heteroatoms. The topological polar surface area (TPSA) is 69.3 Å². The summed E-state index contributed by atoms with van der Waals surface area (Å²) < 4.78 is 29.3. The Morgan fingerprint density at radius 1 is 0.913 bits per heavy atom. The van der Waals surface area contributed by atoms with Crippen LogP contribution in [0.4, 0.5) is 0 Å². The third kappa shape index (κ3) is 1.90. The van der Waals surface area contributed by atoms with Crippen LogP contribution in [0.25, 0.3) is 16.7 Å². The van der Waals surface area contributed by atoms with Crippen molar-refractivity contribution < 1.29 is 8.42 Å². The van der Waals surface area contributed by atoms with Gasteiger partial charge in [0, 0.05) is 5.69 Å². The second kappa shape index (κ2) is 4.66. The minimum absolute atomic E-state index is 0.265. The summed E-state index contributed by atoms with van der Waals surface area (Å²) in [7, 11) is -3.65. The van der Waals surface area contributed by atoms with E-state index < -0.39 is 10.0 Å². The number of rotatable bonds is 2. The predicted molar refractivity (Wildman–Crippen MR) is 87.0 cm³/mol. The standard InChI is InChI=1S/C16H14N4O2S/c1-11-10-15-14(8-9-16-18-17-12(2)19(15)16)20(11)23(21,22)13-6-4-3-5-7-13/h3-10H,1-2H3. The highest BCUT2D eigenvalue weighted by molar-refractivity contribution is 7.90. The van der Waals surface area contributed by atoms with E-state index in [1.807, 2.05) is 17.4 Å². The maximum absolute atomic E-state index is 13.0. The first-order valence-electron chi connectivity index (χ1n) is 7.13. The molecule has 116 valence electrons. The number of hydrogen-bond donors (Lipinski definition) is 0. The highest BCUT2D eigenvalue weighted by Gasteiger charge is 2.22. The summed E-state index contributed by atoms with van der Waals surface area (Å²) in [4.78, 5) is 0.265. The quantitative estimate of drug-likeness (QED) is 0.567. The van der Waals surface area contributed by atoms with Crippen molar-refractivity contribution in [1.82, 2.24) is 18.6 Å². The van der Waals surface area contributed by atoms with Gasteiger partial charge in [0.2, 0.25) is 0 Å². The van der Waals surface area contributed by atoms with E-state index in [-0.39, 0.29) is 4.90 Å². The van der Waals surface area contributed by atoms with Crippen LogP contribution in [0.2, 0.25) is 0 Å². The SMILES string of the molecule is Cc1cc2c(ccc3nnc(C)n32)n1S(=O)(=O)c1ccccc1. The number of benzene rings is 1. The Bertz CT molecular complexity index is 1140. The van der Waals surface area contributed by atoms with Crippen molar-refractivity contribution in [3.63, 3.8) is 0 Å². The van der Waals surface area contributed by atoms with Crippen molar-refractivity contribution in [3.05, 3.63) is 60.0 Å². The zero-order valence-corrected chi connectivity index (χ0v) is 13.4. The summed E-state index contributed by atoms with van der Waals surface area (Å²) in [6.45, 7) is 3.63. The molecule has 0 atom stereocenters. The molecule has 1 aromatic carbocycles. The molecule has 0 N–H and O–H groups in total. The van der Waals surface area contributed by atoms with Crippen LogP contribution >= 0.6 is 0 Å². The van der Waals surface area contributed by atoms with E-state index in [0.29, 0.717) is 16.9 Å². The van der Waals surface area contributed by atoms with Gasteiger partial charge in [0.15, 0.2) is 5.65 Å². The largest absolute Gasteiger partial charge is 0.278 e. The fraction of sp³-hybridized carbons (Fsp3) is 0.125. The molecule has 0 spiro atoms. The number of aryl methyl sites for hydroxylation is 2. The molecule has 0 aliphatic rings. The van der Waals surface area contributed by atoms with E-state index in [4.69, 9.17) is 0 Å². The lowest BCUT2D eigenvalue weighted by Crippen LogP contribution is -2.14. The van der Waals surface area contributed by atoms with Gasteiger partial charge in [0.25, 0.3) is 10.0 Å². The predicted octanol–water partition coefficient (Wildman–Crippen LogP) is 2.54. The van der Waals surface area contributed by atoms with Crippen LogP contribution in [0.1, 0.15) is 11.5 Å². The molecule has 0 radical (unpaired) electrons. The van der Waals surface area contributed by atoms with Gasteiger partial charge >= 0.3 is 0 Å². The average Bonchev–Trinajstić information content (AvgIpc) is 3.08. The van der Waals surface area contributed by atoms with Gasteiger partial charge in [-0.25, -0.2) is 12.4 Å². The van der Waals surface area contributed by atoms with Gasteiger partial charge < -0.3 is 0 Å². The van der Waals surface area contributed by atoms with Gasteiger partial charge in [-0.05, 0) is 44.2 Å². The van der Waals surface area contributed by atoms with E-state index in [9.17, 15) is 8.42 Å². The summed E-state index contributed by atoms with van der Waals surface area (Å²) in [5, 5.41) is 8.14. The average molecular weight is 326 g/mol. The first-order chi connectivity index (χ1) is 11.0. The highest BCUT2D eigenvalue weighted by atomic mass is 32.2. The molecule has 0 bridgehead atoms. The lowest BCUT2D eigenvalue weighted by Gasteiger charge is -2.10. The number of hydrogen-bond acceptors (Lipinski definition) is 4. The molecule has 4 aromatic rings. The second-order valence-corrected chi connectivity index (χ2v) is 7.20. The first kappa shape index (κ1) is 14.0. The number of pyridine rings is 1.